The number of aryl methyl sites for hydroxylation is 1. The maximum atomic E-state index is 12.4. The van der Waals surface area contributed by atoms with E-state index in [0.29, 0.717) is 16.6 Å². The van der Waals surface area contributed by atoms with E-state index in [2.05, 4.69) is 55.1 Å². The molecule has 2 N–H and O–H groups in total. The molecule has 120 valence electrons. The standard InChI is InChI=1S/C16H24N4OS/c1-9(2)7-13-17-10(3)14(22-13)15(21)18-12-8-11(19-20-12)16(4,5)6/h8-9H,7H2,1-6H3,(H2,18,19,20,21). The van der Waals surface area contributed by atoms with Crippen molar-refractivity contribution in [3.8, 4) is 0 Å². The van der Waals surface area contributed by atoms with Gasteiger partial charge in [0, 0.05) is 23.6 Å². The van der Waals surface area contributed by atoms with Gasteiger partial charge in [-0.15, -0.1) is 11.3 Å². The van der Waals surface area contributed by atoms with Crippen LogP contribution < -0.4 is 5.32 Å². The summed E-state index contributed by atoms with van der Waals surface area (Å²) in [4.78, 5) is 17.5. The predicted octanol–water partition coefficient (Wildman–Crippen LogP) is 3.92. The van der Waals surface area contributed by atoms with Gasteiger partial charge in [-0.2, -0.15) is 5.10 Å². The fourth-order valence-corrected chi connectivity index (χ4v) is 3.21. The van der Waals surface area contributed by atoms with Crippen LogP contribution in [0.1, 0.15) is 60.7 Å². The first-order chi connectivity index (χ1) is 10.2. The van der Waals surface area contributed by atoms with Crippen LogP contribution in [0.2, 0.25) is 0 Å². The number of H-pyrrole nitrogens is 1. The van der Waals surface area contributed by atoms with E-state index in [1.807, 2.05) is 13.0 Å². The summed E-state index contributed by atoms with van der Waals surface area (Å²) in [7, 11) is 0. The molecule has 0 aliphatic rings. The summed E-state index contributed by atoms with van der Waals surface area (Å²) in [6, 6.07) is 1.88. The summed E-state index contributed by atoms with van der Waals surface area (Å²) in [6.45, 7) is 12.5. The van der Waals surface area contributed by atoms with Crippen molar-refractivity contribution in [2.24, 2.45) is 5.92 Å². The Kier molecular flexibility index (Phi) is 4.70. The zero-order valence-corrected chi connectivity index (χ0v) is 14.9. The van der Waals surface area contributed by atoms with E-state index in [-0.39, 0.29) is 11.3 Å². The number of aromatic nitrogens is 3. The number of carbonyl (C=O) groups excluding carboxylic acids is 1. The third kappa shape index (κ3) is 3.94. The molecule has 0 radical (unpaired) electrons. The van der Waals surface area contributed by atoms with Gasteiger partial charge in [0.1, 0.15) is 4.88 Å². The molecule has 0 fully saturated rings. The summed E-state index contributed by atoms with van der Waals surface area (Å²) >= 11 is 1.47. The monoisotopic (exact) mass is 320 g/mol. The van der Waals surface area contributed by atoms with Crippen molar-refractivity contribution in [3.63, 3.8) is 0 Å². The second kappa shape index (κ2) is 6.20. The fourth-order valence-electron chi connectivity index (χ4n) is 2.04. The lowest BCUT2D eigenvalue weighted by Gasteiger charge is -2.14. The predicted molar refractivity (Wildman–Crippen MR) is 90.6 cm³/mol. The van der Waals surface area contributed by atoms with E-state index in [0.717, 1.165) is 22.8 Å². The smallest absolute Gasteiger partial charge is 0.268 e. The lowest BCUT2D eigenvalue weighted by molar-refractivity contribution is 0.102. The fraction of sp³-hybridized carbons (Fsp3) is 0.562. The largest absolute Gasteiger partial charge is 0.304 e. The molecule has 0 spiro atoms. The second-order valence-electron chi connectivity index (χ2n) is 6.99. The highest BCUT2D eigenvalue weighted by Crippen LogP contribution is 2.24. The number of thiazole rings is 1. The molecule has 2 aromatic heterocycles. The molecule has 0 saturated carbocycles. The van der Waals surface area contributed by atoms with E-state index in [4.69, 9.17) is 0 Å². The topological polar surface area (TPSA) is 70.7 Å². The molecule has 2 rings (SSSR count). The maximum Gasteiger partial charge on any atom is 0.268 e. The summed E-state index contributed by atoms with van der Waals surface area (Å²) in [5.41, 5.74) is 1.75. The minimum absolute atomic E-state index is 0.0270. The normalized spacial score (nSPS) is 12.0. The zero-order valence-electron chi connectivity index (χ0n) is 14.1. The molecular formula is C16H24N4OS. The van der Waals surface area contributed by atoms with Gasteiger partial charge in [0.15, 0.2) is 5.82 Å². The molecular weight excluding hydrogens is 296 g/mol. The highest BCUT2D eigenvalue weighted by Gasteiger charge is 2.20. The molecule has 2 aromatic rings. The second-order valence-corrected chi connectivity index (χ2v) is 8.07. The molecule has 0 aromatic carbocycles. The summed E-state index contributed by atoms with van der Waals surface area (Å²) < 4.78 is 0. The number of anilines is 1. The van der Waals surface area contributed by atoms with Gasteiger partial charge in [-0.05, 0) is 12.8 Å². The molecule has 0 aliphatic carbocycles. The van der Waals surface area contributed by atoms with Crippen LogP contribution in [-0.4, -0.2) is 21.1 Å². The van der Waals surface area contributed by atoms with E-state index < -0.39 is 0 Å². The highest BCUT2D eigenvalue weighted by molar-refractivity contribution is 7.13. The van der Waals surface area contributed by atoms with Crippen LogP contribution in [0.4, 0.5) is 5.82 Å². The molecule has 0 atom stereocenters. The van der Waals surface area contributed by atoms with Crippen LogP contribution in [0.15, 0.2) is 6.07 Å². The van der Waals surface area contributed by atoms with Gasteiger partial charge >= 0.3 is 0 Å². The third-order valence-corrected chi connectivity index (χ3v) is 4.44. The van der Waals surface area contributed by atoms with Gasteiger partial charge in [-0.1, -0.05) is 34.6 Å². The molecule has 0 saturated heterocycles. The molecule has 5 nitrogen and oxygen atoms in total. The summed E-state index contributed by atoms with van der Waals surface area (Å²) in [5.74, 6) is 0.937. The Labute approximate surface area is 135 Å². The van der Waals surface area contributed by atoms with Crippen molar-refractivity contribution in [2.45, 2.75) is 53.4 Å². The average molecular weight is 320 g/mol. The van der Waals surface area contributed by atoms with E-state index in [1.165, 1.54) is 11.3 Å². The van der Waals surface area contributed by atoms with Crippen molar-refractivity contribution in [2.75, 3.05) is 5.32 Å². The van der Waals surface area contributed by atoms with Gasteiger partial charge in [-0.3, -0.25) is 9.89 Å². The summed E-state index contributed by atoms with van der Waals surface area (Å²) in [6.07, 6.45) is 0.898. The molecule has 6 heteroatoms. The van der Waals surface area contributed by atoms with Gasteiger partial charge in [0.05, 0.1) is 10.7 Å². The number of hydrogen-bond acceptors (Lipinski definition) is 4. The van der Waals surface area contributed by atoms with Gasteiger partial charge in [0.2, 0.25) is 0 Å². The number of nitrogens with zero attached hydrogens (tertiary/aromatic N) is 2. The first-order valence-corrected chi connectivity index (χ1v) is 8.32. The first kappa shape index (κ1) is 16.7. The van der Waals surface area contributed by atoms with Gasteiger partial charge < -0.3 is 5.32 Å². The quantitative estimate of drug-likeness (QED) is 0.897. The van der Waals surface area contributed by atoms with Crippen LogP contribution in [0.5, 0.6) is 0 Å². The number of nitrogens with one attached hydrogen (secondary N) is 2. The van der Waals surface area contributed by atoms with Crippen molar-refractivity contribution >= 4 is 23.1 Å². The molecule has 0 bridgehead atoms. The number of hydrogen-bond donors (Lipinski definition) is 2. The maximum absolute atomic E-state index is 12.4. The van der Waals surface area contributed by atoms with Crippen LogP contribution in [0.25, 0.3) is 0 Å². The van der Waals surface area contributed by atoms with Crippen LogP contribution in [0.3, 0.4) is 0 Å². The SMILES string of the molecule is Cc1nc(CC(C)C)sc1C(=O)Nc1cc(C(C)(C)C)[nH]n1. The Hall–Kier alpha value is -1.69. The number of rotatable bonds is 4. The minimum Gasteiger partial charge on any atom is -0.304 e. The van der Waals surface area contributed by atoms with Crippen molar-refractivity contribution in [1.29, 1.82) is 0 Å². The third-order valence-electron chi connectivity index (χ3n) is 3.26. The van der Waals surface area contributed by atoms with Crippen LogP contribution >= 0.6 is 11.3 Å². The van der Waals surface area contributed by atoms with Crippen LogP contribution in [0, 0.1) is 12.8 Å². The van der Waals surface area contributed by atoms with Gasteiger partial charge in [-0.25, -0.2) is 4.98 Å². The highest BCUT2D eigenvalue weighted by atomic mass is 32.1. The van der Waals surface area contributed by atoms with Crippen molar-refractivity contribution in [3.05, 3.63) is 27.3 Å². The molecule has 0 aliphatic heterocycles. The van der Waals surface area contributed by atoms with Crippen molar-refractivity contribution < 1.29 is 4.79 Å². The van der Waals surface area contributed by atoms with E-state index >= 15 is 0 Å². The minimum atomic E-state index is -0.142. The molecule has 0 unspecified atom stereocenters. The number of carbonyl (C=O) groups is 1. The Morgan fingerprint density at radius 2 is 2.09 bits per heavy atom. The Bertz CT molecular complexity index is 664. The molecule has 2 heterocycles. The first-order valence-electron chi connectivity index (χ1n) is 7.50. The Morgan fingerprint density at radius 3 is 2.64 bits per heavy atom. The lowest BCUT2D eigenvalue weighted by atomic mass is 9.92. The van der Waals surface area contributed by atoms with E-state index in [1.54, 1.807) is 0 Å². The van der Waals surface area contributed by atoms with Gasteiger partial charge in [0.25, 0.3) is 5.91 Å². The zero-order chi connectivity index (χ0) is 16.5. The van der Waals surface area contributed by atoms with Crippen LogP contribution in [-0.2, 0) is 11.8 Å². The summed E-state index contributed by atoms with van der Waals surface area (Å²) in [5, 5.41) is 11.0. The average Bonchev–Trinajstić information content (AvgIpc) is 2.94. The number of aromatic amines is 1. The molecule has 1 amide bonds. The van der Waals surface area contributed by atoms with E-state index in [9.17, 15) is 4.79 Å². The number of amides is 1. The van der Waals surface area contributed by atoms with Crippen molar-refractivity contribution in [1.82, 2.24) is 15.2 Å². The Morgan fingerprint density at radius 1 is 1.41 bits per heavy atom. The lowest BCUT2D eigenvalue weighted by Crippen LogP contribution is -2.12. The Balaban J connectivity index is 2.12. The molecule has 22 heavy (non-hydrogen) atoms.